The summed E-state index contributed by atoms with van der Waals surface area (Å²) in [5.41, 5.74) is 0.0366. The first-order valence-electron chi connectivity index (χ1n) is 6.75. The third-order valence-electron chi connectivity index (χ3n) is 3.47. The number of benzene rings is 1. The number of para-hydroxylation sites is 2. The van der Waals surface area contributed by atoms with Gasteiger partial charge in [0.05, 0.1) is 4.92 Å². The maximum absolute atomic E-state index is 10.8. The van der Waals surface area contributed by atoms with E-state index in [0.717, 1.165) is 25.6 Å². The van der Waals surface area contributed by atoms with Crippen LogP contribution in [-0.4, -0.2) is 36.1 Å². The summed E-state index contributed by atoms with van der Waals surface area (Å²) in [7, 11) is 0. The number of hydrogen-bond acceptors (Lipinski definition) is 4. The number of nitro groups is 1. The van der Waals surface area contributed by atoms with Crippen LogP contribution in [0.2, 0.25) is 0 Å². The number of nitro benzene ring substituents is 1. The molecule has 1 unspecified atom stereocenters. The minimum absolute atomic E-state index is 0.0366. The average Bonchev–Trinajstić information content (AvgIpc) is 2.39. The predicted molar refractivity (Wildman–Crippen MR) is 73.4 cm³/mol. The van der Waals surface area contributed by atoms with Gasteiger partial charge in [-0.3, -0.25) is 15.0 Å². The lowest BCUT2D eigenvalue weighted by Crippen LogP contribution is -2.37. The summed E-state index contributed by atoms with van der Waals surface area (Å²) in [6, 6.07) is 6.53. The lowest BCUT2D eigenvalue weighted by atomic mass is 10.0. The first kappa shape index (κ1) is 13.8. The average molecular weight is 264 g/mol. The maximum atomic E-state index is 10.8. The molecule has 1 saturated heterocycles. The molecule has 2 rings (SSSR count). The Balaban J connectivity index is 1.84. The predicted octanol–water partition coefficient (Wildman–Crippen LogP) is 2.71. The summed E-state index contributed by atoms with van der Waals surface area (Å²) in [4.78, 5) is 12.8. The SMILES string of the molecule is CC1CCCN(CCOc2ccccc2[N+](=O)[O-])C1. The van der Waals surface area contributed by atoms with Crippen LogP contribution in [0, 0.1) is 16.0 Å². The third kappa shape index (κ3) is 3.92. The van der Waals surface area contributed by atoms with Crippen LogP contribution in [-0.2, 0) is 0 Å². The van der Waals surface area contributed by atoms with Gasteiger partial charge in [-0.15, -0.1) is 0 Å². The van der Waals surface area contributed by atoms with Crippen LogP contribution in [0.15, 0.2) is 24.3 Å². The van der Waals surface area contributed by atoms with Crippen molar-refractivity contribution in [2.45, 2.75) is 19.8 Å². The molecule has 104 valence electrons. The van der Waals surface area contributed by atoms with E-state index >= 15 is 0 Å². The highest BCUT2D eigenvalue weighted by Gasteiger charge is 2.17. The second kappa shape index (κ2) is 6.52. The van der Waals surface area contributed by atoms with Gasteiger partial charge >= 0.3 is 5.69 Å². The Bertz CT molecular complexity index is 436. The van der Waals surface area contributed by atoms with Crippen molar-refractivity contribution in [1.29, 1.82) is 0 Å². The van der Waals surface area contributed by atoms with Crippen molar-refractivity contribution in [3.8, 4) is 5.75 Å². The highest BCUT2D eigenvalue weighted by atomic mass is 16.6. The summed E-state index contributed by atoms with van der Waals surface area (Å²) >= 11 is 0. The molecule has 0 radical (unpaired) electrons. The molecule has 19 heavy (non-hydrogen) atoms. The molecule has 0 aromatic heterocycles. The Kier molecular flexibility index (Phi) is 4.74. The van der Waals surface area contributed by atoms with Crippen LogP contribution in [0.1, 0.15) is 19.8 Å². The van der Waals surface area contributed by atoms with Crippen molar-refractivity contribution in [3.63, 3.8) is 0 Å². The highest BCUT2D eigenvalue weighted by Crippen LogP contribution is 2.25. The van der Waals surface area contributed by atoms with E-state index in [0.29, 0.717) is 12.4 Å². The summed E-state index contributed by atoms with van der Waals surface area (Å²) in [5.74, 6) is 1.09. The largest absolute Gasteiger partial charge is 0.485 e. The number of likely N-dealkylation sites (tertiary alicyclic amines) is 1. The Labute approximate surface area is 113 Å². The Morgan fingerprint density at radius 1 is 1.47 bits per heavy atom. The molecule has 0 aliphatic carbocycles. The number of hydrogen-bond donors (Lipinski definition) is 0. The monoisotopic (exact) mass is 264 g/mol. The van der Waals surface area contributed by atoms with E-state index in [-0.39, 0.29) is 5.69 Å². The van der Waals surface area contributed by atoms with Crippen molar-refractivity contribution in [3.05, 3.63) is 34.4 Å². The topological polar surface area (TPSA) is 55.6 Å². The minimum Gasteiger partial charge on any atom is -0.485 e. The lowest BCUT2D eigenvalue weighted by molar-refractivity contribution is -0.385. The van der Waals surface area contributed by atoms with Crippen molar-refractivity contribution >= 4 is 5.69 Å². The standard InChI is InChI=1S/C14H20N2O3/c1-12-5-4-8-15(11-12)9-10-19-14-7-3-2-6-13(14)16(17)18/h2-3,6-7,12H,4-5,8-11H2,1H3. The van der Waals surface area contributed by atoms with Gasteiger partial charge in [-0.25, -0.2) is 0 Å². The van der Waals surface area contributed by atoms with Crippen molar-refractivity contribution in [2.75, 3.05) is 26.2 Å². The normalized spacial score (nSPS) is 20.2. The Hall–Kier alpha value is -1.62. The third-order valence-corrected chi connectivity index (χ3v) is 3.47. The molecule has 1 aromatic rings. The van der Waals surface area contributed by atoms with E-state index in [9.17, 15) is 10.1 Å². The summed E-state index contributed by atoms with van der Waals surface area (Å²) < 4.78 is 5.55. The van der Waals surface area contributed by atoms with Crippen LogP contribution in [0.3, 0.4) is 0 Å². The Morgan fingerprint density at radius 2 is 2.26 bits per heavy atom. The molecule has 0 spiro atoms. The smallest absolute Gasteiger partial charge is 0.310 e. The summed E-state index contributed by atoms with van der Waals surface area (Å²) in [6.45, 7) is 5.79. The molecule has 1 fully saturated rings. The van der Waals surface area contributed by atoms with Crippen molar-refractivity contribution in [1.82, 2.24) is 4.90 Å². The molecule has 5 nitrogen and oxygen atoms in total. The molecule has 1 heterocycles. The minimum atomic E-state index is -0.404. The number of ether oxygens (including phenoxy) is 1. The highest BCUT2D eigenvalue weighted by molar-refractivity contribution is 5.45. The zero-order chi connectivity index (χ0) is 13.7. The van der Waals surface area contributed by atoms with Crippen LogP contribution in [0.4, 0.5) is 5.69 Å². The number of nitrogens with zero attached hydrogens (tertiary/aromatic N) is 2. The molecule has 1 aliphatic heterocycles. The van der Waals surface area contributed by atoms with E-state index in [4.69, 9.17) is 4.74 Å². The van der Waals surface area contributed by atoms with Crippen molar-refractivity contribution < 1.29 is 9.66 Å². The lowest BCUT2D eigenvalue weighted by Gasteiger charge is -2.30. The second-order valence-corrected chi connectivity index (χ2v) is 5.12. The van der Waals surface area contributed by atoms with E-state index in [1.165, 1.54) is 18.9 Å². The van der Waals surface area contributed by atoms with Gasteiger partial charge in [0.15, 0.2) is 5.75 Å². The van der Waals surface area contributed by atoms with E-state index in [2.05, 4.69) is 11.8 Å². The summed E-state index contributed by atoms with van der Waals surface area (Å²) in [6.07, 6.45) is 2.52. The summed E-state index contributed by atoms with van der Waals surface area (Å²) in [5, 5.41) is 10.8. The van der Waals surface area contributed by atoms with Gasteiger partial charge in [-0.2, -0.15) is 0 Å². The fourth-order valence-corrected chi connectivity index (χ4v) is 2.50. The van der Waals surface area contributed by atoms with Gasteiger partial charge in [0.2, 0.25) is 0 Å². The van der Waals surface area contributed by atoms with Crippen LogP contribution >= 0.6 is 0 Å². The van der Waals surface area contributed by atoms with Gasteiger partial charge in [0.25, 0.3) is 0 Å². The first-order chi connectivity index (χ1) is 9.16. The van der Waals surface area contributed by atoms with Crippen LogP contribution in [0.25, 0.3) is 0 Å². The zero-order valence-electron chi connectivity index (χ0n) is 11.2. The van der Waals surface area contributed by atoms with Gasteiger partial charge in [0.1, 0.15) is 6.61 Å². The van der Waals surface area contributed by atoms with Crippen molar-refractivity contribution in [2.24, 2.45) is 5.92 Å². The molecule has 0 bridgehead atoms. The molecular weight excluding hydrogens is 244 g/mol. The molecule has 0 amide bonds. The molecule has 1 atom stereocenters. The first-order valence-corrected chi connectivity index (χ1v) is 6.75. The van der Waals surface area contributed by atoms with Gasteiger partial charge in [0, 0.05) is 19.2 Å². The number of rotatable bonds is 5. The van der Waals surface area contributed by atoms with Gasteiger partial charge < -0.3 is 4.74 Å². The fraction of sp³-hybridized carbons (Fsp3) is 0.571. The van der Waals surface area contributed by atoms with Gasteiger partial charge in [-0.05, 0) is 31.4 Å². The number of piperidine rings is 1. The molecule has 1 aliphatic rings. The Morgan fingerprint density at radius 3 is 3.00 bits per heavy atom. The van der Waals surface area contributed by atoms with E-state index in [1.54, 1.807) is 18.2 Å². The van der Waals surface area contributed by atoms with Gasteiger partial charge in [-0.1, -0.05) is 19.1 Å². The van der Waals surface area contributed by atoms with E-state index < -0.39 is 4.92 Å². The molecule has 0 saturated carbocycles. The molecule has 0 N–H and O–H groups in total. The zero-order valence-corrected chi connectivity index (χ0v) is 11.2. The van der Waals surface area contributed by atoms with Crippen LogP contribution < -0.4 is 4.74 Å². The second-order valence-electron chi connectivity index (χ2n) is 5.12. The van der Waals surface area contributed by atoms with Crippen LogP contribution in [0.5, 0.6) is 5.75 Å². The molecular formula is C14H20N2O3. The quantitative estimate of drug-likeness (QED) is 0.606. The fourth-order valence-electron chi connectivity index (χ4n) is 2.50. The van der Waals surface area contributed by atoms with E-state index in [1.807, 2.05) is 0 Å². The molecule has 5 heteroatoms. The molecule has 1 aromatic carbocycles. The maximum Gasteiger partial charge on any atom is 0.310 e.